The number of nitrogens with zero attached hydrogens (tertiary/aromatic N) is 5. The third-order valence-corrected chi connectivity index (χ3v) is 3.23. The van der Waals surface area contributed by atoms with Gasteiger partial charge in [-0.1, -0.05) is 0 Å². The van der Waals surface area contributed by atoms with Crippen LogP contribution in [0.3, 0.4) is 0 Å². The van der Waals surface area contributed by atoms with Crippen molar-refractivity contribution in [1.29, 1.82) is 0 Å². The molecule has 0 radical (unpaired) electrons. The molecular weight excluding hydrogens is 262 g/mol. The SMILES string of the molecule is CN1C(=O)[C@@H](NC(=O)c2ncn[nH]2)CCn2nccc21. The average Bonchev–Trinajstić information content (AvgIpc) is 3.10. The molecule has 9 heteroatoms. The van der Waals surface area contributed by atoms with Crippen molar-refractivity contribution in [3.63, 3.8) is 0 Å². The van der Waals surface area contributed by atoms with Gasteiger partial charge in [-0.25, -0.2) is 9.67 Å². The van der Waals surface area contributed by atoms with E-state index in [1.165, 1.54) is 11.2 Å². The maximum Gasteiger partial charge on any atom is 0.289 e. The minimum absolute atomic E-state index is 0.0856. The fourth-order valence-corrected chi connectivity index (χ4v) is 2.18. The van der Waals surface area contributed by atoms with Crippen molar-refractivity contribution in [2.75, 3.05) is 11.9 Å². The van der Waals surface area contributed by atoms with E-state index in [0.29, 0.717) is 18.8 Å². The first-order valence-electron chi connectivity index (χ1n) is 6.12. The molecule has 1 aliphatic heterocycles. The van der Waals surface area contributed by atoms with E-state index < -0.39 is 11.9 Å². The quantitative estimate of drug-likeness (QED) is 0.743. The number of hydrogen-bond donors (Lipinski definition) is 2. The van der Waals surface area contributed by atoms with E-state index in [4.69, 9.17) is 0 Å². The van der Waals surface area contributed by atoms with E-state index in [2.05, 4.69) is 25.6 Å². The van der Waals surface area contributed by atoms with Gasteiger partial charge in [0.15, 0.2) is 0 Å². The monoisotopic (exact) mass is 275 g/mol. The fraction of sp³-hybridized carbons (Fsp3) is 0.364. The number of likely N-dealkylation sites (N-methyl/N-ethyl adjacent to an activating group) is 1. The normalized spacial score (nSPS) is 18.6. The maximum atomic E-state index is 12.3. The highest BCUT2D eigenvalue weighted by Crippen LogP contribution is 2.18. The van der Waals surface area contributed by atoms with Crippen molar-refractivity contribution < 1.29 is 9.59 Å². The van der Waals surface area contributed by atoms with Crippen molar-refractivity contribution in [1.82, 2.24) is 30.3 Å². The number of anilines is 1. The van der Waals surface area contributed by atoms with E-state index in [1.54, 1.807) is 24.0 Å². The van der Waals surface area contributed by atoms with Crippen LogP contribution in [0.5, 0.6) is 0 Å². The van der Waals surface area contributed by atoms with Gasteiger partial charge in [-0.05, 0) is 6.42 Å². The number of rotatable bonds is 2. The topological polar surface area (TPSA) is 109 Å². The van der Waals surface area contributed by atoms with Crippen molar-refractivity contribution in [3.8, 4) is 0 Å². The van der Waals surface area contributed by atoms with Gasteiger partial charge in [0.1, 0.15) is 18.2 Å². The first-order valence-corrected chi connectivity index (χ1v) is 6.12. The highest BCUT2D eigenvalue weighted by molar-refractivity contribution is 6.00. The van der Waals surface area contributed by atoms with Gasteiger partial charge in [-0.15, -0.1) is 0 Å². The van der Waals surface area contributed by atoms with Crippen molar-refractivity contribution >= 4 is 17.6 Å². The molecule has 9 nitrogen and oxygen atoms in total. The minimum atomic E-state index is -0.612. The van der Waals surface area contributed by atoms with Gasteiger partial charge >= 0.3 is 0 Å². The Balaban J connectivity index is 1.77. The molecule has 0 spiro atoms. The van der Waals surface area contributed by atoms with Crippen LogP contribution >= 0.6 is 0 Å². The van der Waals surface area contributed by atoms with Gasteiger partial charge in [0, 0.05) is 19.7 Å². The zero-order valence-electron chi connectivity index (χ0n) is 10.8. The molecule has 0 unspecified atom stereocenters. The summed E-state index contributed by atoms with van der Waals surface area (Å²) in [6, 6.07) is 1.15. The number of amides is 2. The van der Waals surface area contributed by atoms with Crippen LogP contribution in [0.15, 0.2) is 18.6 Å². The first kappa shape index (κ1) is 12.3. The highest BCUT2D eigenvalue weighted by Gasteiger charge is 2.30. The second-order valence-corrected chi connectivity index (χ2v) is 4.46. The second-order valence-electron chi connectivity index (χ2n) is 4.46. The zero-order chi connectivity index (χ0) is 14.1. The molecule has 0 aliphatic carbocycles. The summed E-state index contributed by atoms with van der Waals surface area (Å²) in [6.45, 7) is 0.555. The highest BCUT2D eigenvalue weighted by atomic mass is 16.2. The van der Waals surface area contributed by atoms with Crippen LogP contribution in [0.1, 0.15) is 17.0 Å². The van der Waals surface area contributed by atoms with Gasteiger partial charge in [-0.2, -0.15) is 10.2 Å². The number of fused-ring (bicyclic) bond motifs is 1. The van der Waals surface area contributed by atoms with Crippen LogP contribution in [0, 0.1) is 0 Å². The van der Waals surface area contributed by atoms with E-state index in [9.17, 15) is 9.59 Å². The van der Waals surface area contributed by atoms with Crippen LogP contribution in [0.2, 0.25) is 0 Å². The first-order chi connectivity index (χ1) is 9.66. The molecule has 0 bridgehead atoms. The van der Waals surface area contributed by atoms with Crippen molar-refractivity contribution in [2.24, 2.45) is 0 Å². The Bertz CT molecular complexity index is 633. The molecule has 1 aliphatic rings. The summed E-state index contributed by atoms with van der Waals surface area (Å²) in [6.07, 6.45) is 3.36. The molecule has 0 saturated heterocycles. The summed E-state index contributed by atoms with van der Waals surface area (Å²) >= 11 is 0. The van der Waals surface area contributed by atoms with E-state index in [0.717, 1.165) is 0 Å². The Kier molecular flexibility index (Phi) is 2.93. The molecular formula is C11H13N7O2. The third-order valence-electron chi connectivity index (χ3n) is 3.23. The standard InChI is InChI=1S/C11H13N7O2/c1-17-8-2-4-14-18(8)5-3-7(11(17)20)15-10(19)9-12-6-13-16-9/h2,4,6-7H,3,5H2,1H3,(H,15,19)(H,12,13,16)/t7-/m0/s1. The molecule has 104 valence electrons. The number of aromatic amines is 1. The Morgan fingerprint density at radius 2 is 2.40 bits per heavy atom. The Hall–Kier alpha value is -2.71. The van der Waals surface area contributed by atoms with Crippen LogP contribution in [0.25, 0.3) is 0 Å². The summed E-state index contributed by atoms with van der Waals surface area (Å²) in [5.74, 6) is 0.166. The van der Waals surface area contributed by atoms with Gasteiger partial charge in [0.25, 0.3) is 11.8 Å². The largest absolute Gasteiger partial charge is 0.337 e. The number of aryl methyl sites for hydroxylation is 1. The number of carbonyl (C=O) groups excluding carboxylic acids is 2. The van der Waals surface area contributed by atoms with Gasteiger partial charge in [0.2, 0.25) is 5.82 Å². The number of carbonyl (C=O) groups is 2. The number of H-pyrrole nitrogens is 1. The Morgan fingerprint density at radius 1 is 1.55 bits per heavy atom. The van der Waals surface area contributed by atoms with Crippen LogP contribution in [0.4, 0.5) is 5.82 Å². The van der Waals surface area contributed by atoms with Crippen LogP contribution < -0.4 is 10.2 Å². The minimum Gasteiger partial charge on any atom is -0.337 e. The lowest BCUT2D eigenvalue weighted by molar-refractivity contribution is -0.120. The molecule has 2 aromatic heterocycles. The number of nitrogens with one attached hydrogen (secondary N) is 2. The zero-order valence-corrected chi connectivity index (χ0v) is 10.8. The average molecular weight is 275 g/mol. The molecule has 3 rings (SSSR count). The molecule has 0 fully saturated rings. The predicted molar refractivity (Wildman–Crippen MR) is 67.9 cm³/mol. The number of hydrogen-bond acceptors (Lipinski definition) is 5. The van der Waals surface area contributed by atoms with Crippen molar-refractivity contribution in [3.05, 3.63) is 24.4 Å². The lowest BCUT2D eigenvalue weighted by Gasteiger charge is -2.19. The molecule has 1 atom stereocenters. The molecule has 20 heavy (non-hydrogen) atoms. The van der Waals surface area contributed by atoms with E-state index in [-0.39, 0.29) is 11.7 Å². The van der Waals surface area contributed by atoms with Gasteiger partial charge < -0.3 is 5.32 Å². The maximum absolute atomic E-state index is 12.3. The predicted octanol–water partition coefficient (Wildman–Crippen LogP) is -0.834. The summed E-state index contributed by atoms with van der Waals surface area (Å²) in [7, 11) is 1.66. The molecule has 2 aromatic rings. The molecule has 0 aromatic carbocycles. The Morgan fingerprint density at radius 3 is 3.15 bits per heavy atom. The van der Waals surface area contributed by atoms with Gasteiger partial charge in [0.05, 0.1) is 6.20 Å². The van der Waals surface area contributed by atoms with Crippen molar-refractivity contribution in [2.45, 2.75) is 19.0 Å². The summed E-state index contributed by atoms with van der Waals surface area (Å²) in [5, 5.41) is 12.9. The lowest BCUT2D eigenvalue weighted by Crippen LogP contribution is -2.47. The summed E-state index contributed by atoms with van der Waals surface area (Å²) in [5.41, 5.74) is 0. The van der Waals surface area contributed by atoms with Crippen LogP contribution in [-0.4, -0.2) is 49.9 Å². The van der Waals surface area contributed by atoms with Gasteiger partial charge in [-0.3, -0.25) is 19.6 Å². The fourth-order valence-electron chi connectivity index (χ4n) is 2.18. The molecule has 3 heterocycles. The third kappa shape index (κ3) is 2.02. The number of aromatic nitrogens is 5. The van der Waals surface area contributed by atoms with E-state index >= 15 is 0 Å². The molecule has 0 saturated carbocycles. The summed E-state index contributed by atoms with van der Waals surface area (Å²) < 4.78 is 1.73. The molecule has 2 amide bonds. The van der Waals surface area contributed by atoms with Crippen LogP contribution in [-0.2, 0) is 11.3 Å². The second kappa shape index (κ2) is 4.76. The van der Waals surface area contributed by atoms with E-state index in [1.807, 2.05) is 0 Å². The molecule has 2 N–H and O–H groups in total. The Labute approximate surface area is 114 Å². The summed E-state index contributed by atoms with van der Waals surface area (Å²) in [4.78, 5) is 29.5. The smallest absolute Gasteiger partial charge is 0.289 e. The lowest BCUT2D eigenvalue weighted by atomic mass is 10.2.